The number of ether oxygens (including phenoxy) is 1. The quantitative estimate of drug-likeness (QED) is 0.481. The second kappa shape index (κ2) is 6.79. The fraction of sp³-hybridized carbons (Fsp3) is 0.250. The third-order valence-corrected chi connectivity index (χ3v) is 4.32. The number of aryl methyl sites for hydroxylation is 2. The average molecular weight is 322 g/mol. The van der Waals surface area contributed by atoms with Gasteiger partial charge in [-0.3, -0.25) is 9.59 Å². The minimum atomic E-state index is -0.859. The van der Waals surface area contributed by atoms with Crippen molar-refractivity contribution in [1.29, 1.82) is 0 Å². The summed E-state index contributed by atoms with van der Waals surface area (Å²) in [5.41, 5.74) is 3.88. The Labute approximate surface area is 140 Å². The molecule has 24 heavy (non-hydrogen) atoms. The largest absolute Gasteiger partial charge is 0.451 e. The molecule has 0 N–H and O–H groups in total. The Morgan fingerprint density at radius 1 is 1.00 bits per heavy atom. The lowest BCUT2D eigenvalue weighted by atomic mass is 10.0. The van der Waals surface area contributed by atoms with Crippen LogP contribution in [0.4, 0.5) is 0 Å². The van der Waals surface area contributed by atoms with Crippen molar-refractivity contribution in [2.75, 3.05) is 0 Å². The third kappa shape index (κ3) is 3.27. The number of rotatable bonds is 5. The highest BCUT2D eigenvalue weighted by Crippen LogP contribution is 2.23. The van der Waals surface area contributed by atoms with Crippen molar-refractivity contribution < 1.29 is 19.1 Å². The van der Waals surface area contributed by atoms with Crippen molar-refractivity contribution in [3.05, 3.63) is 70.3 Å². The summed E-state index contributed by atoms with van der Waals surface area (Å²) in [4.78, 5) is 35.2. The van der Waals surface area contributed by atoms with E-state index in [9.17, 15) is 14.4 Å². The smallest absolute Gasteiger partial charge is 0.338 e. The molecule has 0 saturated heterocycles. The first kappa shape index (κ1) is 16.1. The molecule has 0 amide bonds. The SMILES string of the molecule is C[C@H](OC(=O)c1ccc(C=O)cc1)C(=O)c1ccc2c(c1)CCC2. The predicted molar refractivity (Wildman–Crippen MR) is 89.5 cm³/mol. The summed E-state index contributed by atoms with van der Waals surface area (Å²) in [5, 5.41) is 0. The van der Waals surface area contributed by atoms with Crippen molar-refractivity contribution in [3.8, 4) is 0 Å². The molecule has 122 valence electrons. The molecule has 0 aliphatic heterocycles. The molecular formula is C20H18O4. The van der Waals surface area contributed by atoms with E-state index >= 15 is 0 Å². The number of fused-ring (bicyclic) bond motifs is 1. The van der Waals surface area contributed by atoms with Gasteiger partial charge in [-0.15, -0.1) is 0 Å². The molecule has 0 bridgehead atoms. The Bertz CT molecular complexity index is 790. The molecule has 1 aliphatic carbocycles. The zero-order valence-electron chi connectivity index (χ0n) is 13.5. The summed E-state index contributed by atoms with van der Waals surface area (Å²) in [7, 11) is 0. The Balaban J connectivity index is 1.69. The second-order valence-electron chi connectivity index (χ2n) is 5.99. The van der Waals surface area contributed by atoms with E-state index in [0.717, 1.165) is 19.3 Å². The fourth-order valence-corrected chi connectivity index (χ4v) is 2.94. The van der Waals surface area contributed by atoms with Crippen LogP contribution in [0.25, 0.3) is 0 Å². The molecule has 0 spiro atoms. The Morgan fingerprint density at radius 2 is 1.67 bits per heavy atom. The predicted octanol–water partition coefficient (Wildman–Crippen LogP) is 3.42. The first-order valence-corrected chi connectivity index (χ1v) is 8.00. The molecule has 0 aromatic heterocycles. The van der Waals surface area contributed by atoms with Gasteiger partial charge in [0.05, 0.1) is 5.56 Å². The molecule has 0 saturated carbocycles. The average Bonchev–Trinajstić information content (AvgIpc) is 3.08. The maximum atomic E-state index is 12.5. The van der Waals surface area contributed by atoms with Gasteiger partial charge in [0.25, 0.3) is 0 Å². The zero-order valence-corrected chi connectivity index (χ0v) is 13.5. The van der Waals surface area contributed by atoms with Crippen LogP contribution in [0.1, 0.15) is 55.5 Å². The van der Waals surface area contributed by atoms with Crippen molar-refractivity contribution in [3.63, 3.8) is 0 Å². The van der Waals surface area contributed by atoms with Crippen LogP contribution in [0.3, 0.4) is 0 Å². The van der Waals surface area contributed by atoms with E-state index in [2.05, 4.69) is 0 Å². The van der Waals surface area contributed by atoms with Gasteiger partial charge < -0.3 is 4.74 Å². The highest BCUT2D eigenvalue weighted by atomic mass is 16.5. The van der Waals surface area contributed by atoms with Gasteiger partial charge >= 0.3 is 5.97 Å². The van der Waals surface area contributed by atoms with Crippen LogP contribution in [0.2, 0.25) is 0 Å². The molecule has 0 unspecified atom stereocenters. The van der Waals surface area contributed by atoms with E-state index in [1.54, 1.807) is 13.0 Å². The fourth-order valence-electron chi connectivity index (χ4n) is 2.94. The molecule has 1 aliphatic rings. The van der Waals surface area contributed by atoms with Crippen molar-refractivity contribution >= 4 is 18.0 Å². The molecule has 4 heteroatoms. The number of carbonyl (C=O) groups excluding carboxylic acids is 3. The number of aldehydes is 1. The summed E-state index contributed by atoms with van der Waals surface area (Å²) in [6, 6.07) is 11.8. The first-order valence-electron chi connectivity index (χ1n) is 8.00. The monoisotopic (exact) mass is 322 g/mol. The molecule has 0 radical (unpaired) electrons. The summed E-state index contributed by atoms with van der Waals surface area (Å²) >= 11 is 0. The zero-order chi connectivity index (χ0) is 17.1. The van der Waals surface area contributed by atoms with Gasteiger partial charge in [-0.25, -0.2) is 4.79 Å². The van der Waals surface area contributed by atoms with Gasteiger partial charge in [0, 0.05) is 11.1 Å². The number of benzene rings is 2. The number of ketones is 1. The maximum Gasteiger partial charge on any atom is 0.338 e. The normalized spacial score (nSPS) is 13.9. The molecule has 1 atom stereocenters. The minimum Gasteiger partial charge on any atom is -0.451 e. The van der Waals surface area contributed by atoms with Gasteiger partial charge in [-0.1, -0.05) is 24.3 Å². The first-order chi connectivity index (χ1) is 11.6. The third-order valence-electron chi connectivity index (χ3n) is 4.32. The van der Waals surface area contributed by atoms with Crippen molar-refractivity contribution in [2.24, 2.45) is 0 Å². The minimum absolute atomic E-state index is 0.206. The molecule has 4 nitrogen and oxygen atoms in total. The summed E-state index contributed by atoms with van der Waals surface area (Å²) in [5.74, 6) is -0.781. The molecule has 2 aromatic rings. The van der Waals surface area contributed by atoms with Crippen molar-refractivity contribution in [2.45, 2.75) is 32.3 Å². The number of hydrogen-bond donors (Lipinski definition) is 0. The Hall–Kier alpha value is -2.75. The van der Waals surface area contributed by atoms with Crippen LogP contribution in [-0.2, 0) is 17.6 Å². The standard InChI is InChI=1S/C20H18O4/c1-13(24-20(23)16-7-5-14(12-21)6-8-16)19(22)18-10-9-15-3-2-4-17(15)11-18/h5-13H,2-4H2,1H3/t13-/m0/s1. The van der Waals surface area contributed by atoms with E-state index in [1.165, 1.54) is 35.4 Å². The molecule has 0 heterocycles. The molecule has 2 aromatic carbocycles. The van der Waals surface area contributed by atoms with E-state index in [-0.39, 0.29) is 5.78 Å². The molecule has 3 rings (SSSR count). The number of esters is 1. The van der Waals surface area contributed by atoms with Gasteiger partial charge in [0.15, 0.2) is 6.10 Å². The topological polar surface area (TPSA) is 60.4 Å². The lowest BCUT2D eigenvalue weighted by Crippen LogP contribution is -2.24. The lowest BCUT2D eigenvalue weighted by molar-refractivity contribution is 0.0318. The van der Waals surface area contributed by atoms with E-state index in [0.29, 0.717) is 23.0 Å². The van der Waals surface area contributed by atoms with Gasteiger partial charge in [-0.2, -0.15) is 0 Å². The number of Topliss-reactive ketones (excluding diaryl/α,β-unsaturated/α-hetero) is 1. The van der Waals surface area contributed by atoms with E-state index in [4.69, 9.17) is 4.74 Å². The highest BCUT2D eigenvalue weighted by molar-refractivity contribution is 6.01. The number of hydrogen-bond acceptors (Lipinski definition) is 4. The van der Waals surface area contributed by atoms with Crippen LogP contribution >= 0.6 is 0 Å². The Kier molecular flexibility index (Phi) is 4.56. The maximum absolute atomic E-state index is 12.5. The molecule has 0 fully saturated rings. The van der Waals surface area contributed by atoms with Crippen LogP contribution in [0.15, 0.2) is 42.5 Å². The van der Waals surface area contributed by atoms with Gasteiger partial charge in [-0.05, 0) is 55.5 Å². The Morgan fingerprint density at radius 3 is 2.38 bits per heavy atom. The summed E-state index contributed by atoms with van der Waals surface area (Å²) in [6.45, 7) is 1.58. The summed E-state index contributed by atoms with van der Waals surface area (Å²) < 4.78 is 5.27. The number of carbonyl (C=O) groups is 3. The lowest BCUT2D eigenvalue weighted by Gasteiger charge is -2.13. The van der Waals surface area contributed by atoms with E-state index in [1.807, 2.05) is 12.1 Å². The van der Waals surface area contributed by atoms with Crippen LogP contribution < -0.4 is 0 Å². The molecular weight excluding hydrogens is 304 g/mol. The van der Waals surface area contributed by atoms with Crippen molar-refractivity contribution in [1.82, 2.24) is 0 Å². The van der Waals surface area contributed by atoms with E-state index < -0.39 is 12.1 Å². The second-order valence-corrected chi connectivity index (χ2v) is 5.99. The van der Waals surface area contributed by atoms with Crippen LogP contribution in [0.5, 0.6) is 0 Å². The van der Waals surface area contributed by atoms with Crippen LogP contribution in [-0.4, -0.2) is 24.1 Å². The van der Waals surface area contributed by atoms with Gasteiger partial charge in [0.2, 0.25) is 5.78 Å². The van der Waals surface area contributed by atoms with Gasteiger partial charge in [0.1, 0.15) is 6.29 Å². The van der Waals surface area contributed by atoms with Crippen LogP contribution in [0, 0.1) is 0 Å². The highest BCUT2D eigenvalue weighted by Gasteiger charge is 2.22. The summed E-state index contributed by atoms with van der Waals surface area (Å²) in [6.07, 6.45) is 3.02.